The van der Waals surface area contributed by atoms with Crippen LogP contribution in [0, 0.1) is 11.3 Å². The number of fused-ring (bicyclic) bond motifs is 1. The van der Waals surface area contributed by atoms with Crippen LogP contribution in [-0.4, -0.2) is 58.8 Å². The molecule has 0 aliphatic rings. The Morgan fingerprint density at radius 3 is 2.86 bits per heavy atom. The van der Waals surface area contributed by atoms with Gasteiger partial charge in [0.25, 0.3) is 5.91 Å². The maximum absolute atomic E-state index is 12.8. The number of pyridine rings is 2. The third kappa shape index (κ3) is 4.39. The van der Waals surface area contributed by atoms with Crippen LogP contribution >= 0.6 is 0 Å². The molecule has 148 valence electrons. The van der Waals surface area contributed by atoms with Gasteiger partial charge in [0.2, 0.25) is 0 Å². The lowest BCUT2D eigenvalue weighted by Crippen LogP contribution is -2.21. The molecular weight excluding hydrogens is 370 g/mol. The van der Waals surface area contributed by atoms with Gasteiger partial charge in [-0.15, -0.1) is 0 Å². The van der Waals surface area contributed by atoms with Gasteiger partial charge in [-0.3, -0.25) is 9.59 Å². The van der Waals surface area contributed by atoms with Crippen LogP contribution in [0.15, 0.2) is 30.6 Å². The van der Waals surface area contributed by atoms with Crippen LogP contribution in [0.3, 0.4) is 0 Å². The lowest BCUT2D eigenvalue weighted by Gasteiger charge is -2.13. The maximum atomic E-state index is 12.8. The summed E-state index contributed by atoms with van der Waals surface area (Å²) in [7, 11) is 5.72. The van der Waals surface area contributed by atoms with Crippen molar-refractivity contribution in [3.8, 4) is 6.07 Å². The van der Waals surface area contributed by atoms with E-state index in [1.165, 1.54) is 6.20 Å². The number of hydrogen-bond acceptors (Lipinski definition) is 7. The minimum atomic E-state index is -0.400. The predicted molar refractivity (Wildman–Crippen MR) is 110 cm³/mol. The summed E-state index contributed by atoms with van der Waals surface area (Å²) < 4.78 is 1.77. The smallest absolute Gasteiger partial charge is 0.260 e. The number of aryl methyl sites for hydroxylation is 1. The topological polar surface area (TPSA) is 116 Å². The number of carbonyl (C=O) groups is 2. The normalized spacial score (nSPS) is 10.7. The van der Waals surface area contributed by atoms with E-state index in [9.17, 15) is 14.9 Å². The molecule has 3 rings (SSSR count). The first-order valence-electron chi connectivity index (χ1n) is 8.94. The Kier molecular flexibility index (Phi) is 5.85. The second kappa shape index (κ2) is 8.50. The van der Waals surface area contributed by atoms with Gasteiger partial charge in [0, 0.05) is 38.6 Å². The Morgan fingerprint density at radius 2 is 2.17 bits per heavy atom. The number of amides is 1. The van der Waals surface area contributed by atoms with Gasteiger partial charge in [-0.25, -0.2) is 9.97 Å². The monoisotopic (exact) mass is 391 g/mol. The fourth-order valence-corrected chi connectivity index (χ4v) is 2.86. The van der Waals surface area contributed by atoms with Gasteiger partial charge in [-0.2, -0.15) is 5.26 Å². The first-order valence-corrected chi connectivity index (χ1v) is 8.94. The minimum absolute atomic E-state index is 0.252. The zero-order chi connectivity index (χ0) is 21.0. The molecule has 1 amide bonds. The van der Waals surface area contributed by atoms with E-state index in [4.69, 9.17) is 0 Å². The molecule has 0 aliphatic heterocycles. The molecule has 0 spiro atoms. The summed E-state index contributed by atoms with van der Waals surface area (Å²) in [6, 6.07) is 7.06. The van der Waals surface area contributed by atoms with Crippen molar-refractivity contribution in [3.63, 3.8) is 0 Å². The highest BCUT2D eigenvalue weighted by Crippen LogP contribution is 2.22. The number of nitrogens with zero attached hydrogens (tertiary/aromatic N) is 5. The molecule has 0 aromatic carbocycles. The fourth-order valence-electron chi connectivity index (χ4n) is 2.86. The van der Waals surface area contributed by atoms with E-state index in [0.29, 0.717) is 41.0 Å². The molecule has 0 unspecified atom stereocenters. The predicted octanol–water partition coefficient (Wildman–Crippen LogP) is 1.88. The van der Waals surface area contributed by atoms with E-state index in [-0.39, 0.29) is 5.69 Å². The summed E-state index contributed by atoms with van der Waals surface area (Å²) in [6.07, 6.45) is 3.71. The lowest BCUT2D eigenvalue weighted by atomic mass is 10.2. The largest absolute Gasteiger partial charge is 0.383 e. The Morgan fingerprint density at radius 1 is 1.38 bits per heavy atom. The molecule has 0 atom stereocenters. The number of carbonyl (C=O) groups excluding carboxylic acids is 2. The number of anilines is 2. The standard InChI is InChI=1S/C20H21N7O2/c1-26(2)7-6-22-16-8-18(23-10-13(16)9-21)25-20(29)15-11-27(3)17-5-4-14(12-28)24-19(15)17/h4-5,8,10-12H,6-7H2,1-3H3,(H2,22,23,25,29). The molecule has 29 heavy (non-hydrogen) atoms. The molecule has 0 radical (unpaired) electrons. The number of nitrogens with one attached hydrogen (secondary N) is 2. The summed E-state index contributed by atoms with van der Waals surface area (Å²) in [5.74, 6) is -0.0903. The third-order valence-corrected chi connectivity index (χ3v) is 4.36. The van der Waals surface area contributed by atoms with Gasteiger partial charge in [-0.05, 0) is 26.2 Å². The molecule has 0 saturated heterocycles. The number of aldehydes is 1. The van der Waals surface area contributed by atoms with Crippen LogP contribution in [0.25, 0.3) is 11.0 Å². The molecule has 0 saturated carbocycles. The number of aromatic nitrogens is 3. The SMILES string of the molecule is CN(C)CCNc1cc(NC(=O)c2cn(C)c3ccc(C=O)nc23)ncc1C#N. The van der Waals surface area contributed by atoms with Crippen LogP contribution in [0.1, 0.15) is 26.4 Å². The number of nitriles is 1. The van der Waals surface area contributed by atoms with E-state index < -0.39 is 5.91 Å². The van der Waals surface area contributed by atoms with Crippen molar-refractivity contribution in [1.82, 2.24) is 19.4 Å². The van der Waals surface area contributed by atoms with Gasteiger partial charge in [0.05, 0.1) is 22.3 Å². The van der Waals surface area contributed by atoms with Crippen molar-refractivity contribution in [3.05, 3.63) is 47.4 Å². The summed E-state index contributed by atoms with van der Waals surface area (Å²) >= 11 is 0. The highest BCUT2D eigenvalue weighted by Gasteiger charge is 2.17. The first kappa shape index (κ1) is 20.0. The number of rotatable bonds is 7. The van der Waals surface area contributed by atoms with Crippen molar-refractivity contribution < 1.29 is 9.59 Å². The van der Waals surface area contributed by atoms with E-state index in [1.54, 1.807) is 36.0 Å². The highest BCUT2D eigenvalue weighted by molar-refractivity contribution is 6.12. The van der Waals surface area contributed by atoms with E-state index in [1.807, 2.05) is 19.0 Å². The van der Waals surface area contributed by atoms with Crippen molar-refractivity contribution >= 4 is 34.7 Å². The lowest BCUT2D eigenvalue weighted by molar-refractivity contribution is 0.102. The third-order valence-electron chi connectivity index (χ3n) is 4.36. The van der Waals surface area contributed by atoms with Gasteiger partial charge in [0.15, 0.2) is 6.29 Å². The summed E-state index contributed by atoms with van der Waals surface area (Å²) in [5.41, 5.74) is 2.75. The number of hydrogen-bond donors (Lipinski definition) is 2. The van der Waals surface area contributed by atoms with Crippen molar-refractivity contribution in [2.45, 2.75) is 0 Å². The quantitative estimate of drug-likeness (QED) is 0.591. The van der Waals surface area contributed by atoms with Gasteiger partial charge in [0.1, 0.15) is 23.1 Å². The van der Waals surface area contributed by atoms with Crippen molar-refractivity contribution in [1.29, 1.82) is 5.26 Å². The Bertz CT molecular complexity index is 1110. The zero-order valence-corrected chi connectivity index (χ0v) is 16.4. The van der Waals surface area contributed by atoms with E-state index in [0.717, 1.165) is 12.1 Å². The van der Waals surface area contributed by atoms with Crippen LogP contribution in [0.4, 0.5) is 11.5 Å². The molecule has 9 heteroatoms. The zero-order valence-electron chi connectivity index (χ0n) is 16.4. The molecule has 0 bridgehead atoms. The molecule has 9 nitrogen and oxygen atoms in total. The molecule has 3 aromatic heterocycles. The summed E-state index contributed by atoms with van der Waals surface area (Å²) in [4.78, 5) is 34.3. The minimum Gasteiger partial charge on any atom is -0.383 e. The van der Waals surface area contributed by atoms with Crippen LogP contribution in [0.5, 0.6) is 0 Å². The van der Waals surface area contributed by atoms with E-state index >= 15 is 0 Å². The maximum Gasteiger partial charge on any atom is 0.260 e. The first-order chi connectivity index (χ1) is 13.9. The van der Waals surface area contributed by atoms with Crippen molar-refractivity contribution in [2.24, 2.45) is 7.05 Å². The summed E-state index contributed by atoms with van der Waals surface area (Å²) in [6.45, 7) is 1.43. The molecule has 0 aliphatic carbocycles. The van der Waals surface area contributed by atoms with Crippen LogP contribution in [-0.2, 0) is 7.05 Å². The molecule has 2 N–H and O–H groups in total. The fraction of sp³-hybridized carbons (Fsp3) is 0.250. The molecule has 0 fully saturated rings. The van der Waals surface area contributed by atoms with Crippen molar-refractivity contribution in [2.75, 3.05) is 37.8 Å². The Hall–Kier alpha value is -3.77. The average Bonchev–Trinajstić information content (AvgIpc) is 3.04. The van der Waals surface area contributed by atoms with E-state index in [2.05, 4.69) is 26.7 Å². The van der Waals surface area contributed by atoms with Crippen LogP contribution in [0.2, 0.25) is 0 Å². The summed E-state index contributed by atoms with van der Waals surface area (Å²) in [5, 5.41) is 15.2. The average molecular weight is 391 g/mol. The Balaban J connectivity index is 1.86. The second-order valence-electron chi connectivity index (χ2n) is 6.79. The number of likely N-dealkylation sites (N-methyl/N-ethyl adjacent to an activating group) is 1. The van der Waals surface area contributed by atoms with Crippen LogP contribution < -0.4 is 10.6 Å². The molecule has 3 aromatic rings. The second-order valence-corrected chi connectivity index (χ2v) is 6.79. The Labute approximate surface area is 168 Å². The highest BCUT2D eigenvalue weighted by atomic mass is 16.1. The van der Waals surface area contributed by atoms with Gasteiger partial charge >= 0.3 is 0 Å². The van der Waals surface area contributed by atoms with Gasteiger partial charge in [-0.1, -0.05) is 0 Å². The molecular formula is C20H21N7O2. The molecule has 3 heterocycles. The van der Waals surface area contributed by atoms with Gasteiger partial charge < -0.3 is 20.1 Å².